The van der Waals surface area contributed by atoms with Crippen LogP contribution in [0.3, 0.4) is 0 Å². The highest BCUT2D eigenvalue weighted by Crippen LogP contribution is 2.22. The first-order valence-electron chi connectivity index (χ1n) is 13.7. The van der Waals surface area contributed by atoms with Crippen LogP contribution < -0.4 is 10.6 Å². The molecule has 0 radical (unpaired) electrons. The van der Waals surface area contributed by atoms with Crippen LogP contribution in [0.2, 0.25) is 5.02 Å². The average Bonchev–Trinajstić information content (AvgIpc) is 3.05. The maximum atomic E-state index is 14.0. The molecule has 0 saturated carbocycles. The van der Waals surface area contributed by atoms with Gasteiger partial charge in [0.15, 0.2) is 5.78 Å². The highest BCUT2D eigenvalue weighted by Gasteiger charge is 2.16. The Hall–Kier alpha value is -5.59. The van der Waals surface area contributed by atoms with Crippen molar-refractivity contribution in [2.75, 3.05) is 5.32 Å². The Kier molecular flexibility index (Phi) is 9.54. The van der Waals surface area contributed by atoms with Gasteiger partial charge in [0.1, 0.15) is 11.5 Å². The Balaban J connectivity index is 1.33. The van der Waals surface area contributed by atoms with Crippen LogP contribution in [0.25, 0.3) is 23.3 Å². The minimum Gasteiger partial charge on any atom is -0.321 e. The summed E-state index contributed by atoms with van der Waals surface area (Å²) in [5.74, 6) is -1.88. The second-order valence-electron chi connectivity index (χ2n) is 9.73. The fraction of sp³-hybridized carbons (Fsp3) is 0. The molecule has 2 amide bonds. The number of carbonyl (C=O) groups is 3. The molecule has 0 fully saturated rings. The summed E-state index contributed by atoms with van der Waals surface area (Å²) in [5.41, 5.74) is 4.10. The quantitative estimate of drug-likeness (QED) is 0.132. The fourth-order valence-electron chi connectivity index (χ4n) is 4.35. The molecule has 0 saturated heterocycles. The van der Waals surface area contributed by atoms with Crippen molar-refractivity contribution in [3.05, 3.63) is 172 Å². The number of allylic oxidation sites excluding steroid dienone is 1. The first kappa shape index (κ1) is 29.9. The van der Waals surface area contributed by atoms with Gasteiger partial charge in [-0.05, 0) is 83.4 Å². The third kappa shape index (κ3) is 7.62. The molecule has 2 N–H and O–H groups in total. The van der Waals surface area contributed by atoms with E-state index in [-0.39, 0.29) is 22.1 Å². The number of anilines is 1. The standard InChI is InChI=1S/C37H26ClFN2O3/c38-32-12-7-13-33(39)31(32)22-23-35(42)28-18-20-30(21-19-28)40-37(44)34(41-36(43)29-10-5-2-6-11-29)24-25-14-16-27(17-15-25)26-8-3-1-4-9-26/h1-24H,(H,40,44)(H,41,43)/b23-22+,34-24-. The Morgan fingerprint density at radius 2 is 1.30 bits per heavy atom. The number of carbonyl (C=O) groups excluding carboxylic acids is 3. The van der Waals surface area contributed by atoms with Crippen LogP contribution in [0.1, 0.15) is 31.8 Å². The van der Waals surface area contributed by atoms with Crippen molar-refractivity contribution in [1.29, 1.82) is 0 Å². The van der Waals surface area contributed by atoms with E-state index < -0.39 is 17.6 Å². The van der Waals surface area contributed by atoms with Crippen LogP contribution in [-0.4, -0.2) is 17.6 Å². The van der Waals surface area contributed by atoms with Crippen LogP contribution in [0, 0.1) is 5.82 Å². The third-order valence-electron chi connectivity index (χ3n) is 6.69. The van der Waals surface area contributed by atoms with Gasteiger partial charge in [0.05, 0.1) is 5.02 Å². The number of rotatable bonds is 9. The molecule has 0 aliphatic rings. The monoisotopic (exact) mass is 600 g/mol. The third-order valence-corrected chi connectivity index (χ3v) is 7.02. The highest BCUT2D eigenvalue weighted by molar-refractivity contribution is 6.32. The zero-order valence-electron chi connectivity index (χ0n) is 23.3. The molecule has 0 bridgehead atoms. The summed E-state index contributed by atoms with van der Waals surface area (Å²) < 4.78 is 14.0. The van der Waals surface area contributed by atoms with Gasteiger partial charge in [-0.15, -0.1) is 0 Å². The maximum Gasteiger partial charge on any atom is 0.272 e. The van der Waals surface area contributed by atoms with E-state index in [0.29, 0.717) is 22.4 Å². The second kappa shape index (κ2) is 14.1. The molecular formula is C37H26ClFN2O3. The molecule has 0 unspecified atom stereocenters. The predicted molar refractivity (Wildman–Crippen MR) is 174 cm³/mol. The molecule has 44 heavy (non-hydrogen) atoms. The van der Waals surface area contributed by atoms with Crippen molar-refractivity contribution in [3.8, 4) is 11.1 Å². The van der Waals surface area contributed by atoms with E-state index in [1.807, 2.05) is 54.6 Å². The SMILES string of the molecule is O=C(Nc1ccc(C(=O)/C=C/c2c(F)cccc2Cl)cc1)/C(=C/c1ccc(-c2ccccc2)cc1)NC(=O)c1ccccc1. The van der Waals surface area contributed by atoms with Crippen LogP contribution in [-0.2, 0) is 4.79 Å². The Labute approximate surface area is 259 Å². The molecule has 0 spiro atoms. The molecule has 7 heteroatoms. The van der Waals surface area contributed by atoms with E-state index in [0.717, 1.165) is 11.1 Å². The molecule has 0 aromatic heterocycles. The van der Waals surface area contributed by atoms with Crippen molar-refractivity contribution >= 4 is 47.0 Å². The molecule has 5 rings (SSSR count). The summed E-state index contributed by atoms with van der Waals surface area (Å²) in [6.45, 7) is 0. The molecule has 0 heterocycles. The smallest absolute Gasteiger partial charge is 0.272 e. The molecule has 5 nitrogen and oxygen atoms in total. The van der Waals surface area contributed by atoms with Crippen LogP contribution >= 0.6 is 11.6 Å². The molecule has 5 aromatic carbocycles. The topological polar surface area (TPSA) is 75.3 Å². The van der Waals surface area contributed by atoms with Gasteiger partial charge in [-0.1, -0.05) is 90.5 Å². The molecule has 216 valence electrons. The summed E-state index contributed by atoms with van der Waals surface area (Å²) in [6.07, 6.45) is 4.16. The van der Waals surface area contributed by atoms with E-state index in [1.165, 1.54) is 30.4 Å². The van der Waals surface area contributed by atoms with Gasteiger partial charge >= 0.3 is 0 Å². The Bertz CT molecular complexity index is 1830. The summed E-state index contributed by atoms with van der Waals surface area (Å²) in [5, 5.41) is 5.70. The van der Waals surface area contributed by atoms with E-state index in [9.17, 15) is 18.8 Å². The van der Waals surface area contributed by atoms with Gasteiger partial charge in [-0.25, -0.2) is 4.39 Å². The van der Waals surface area contributed by atoms with Gasteiger partial charge in [-0.3, -0.25) is 14.4 Å². The molecule has 5 aromatic rings. The lowest BCUT2D eigenvalue weighted by Crippen LogP contribution is -2.30. The van der Waals surface area contributed by atoms with Gasteiger partial charge in [0.2, 0.25) is 0 Å². The van der Waals surface area contributed by atoms with Crippen LogP contribution in [0.15, 0.2) is 139 Å². The van der Waals surface area contributed by atoms with Crippen molar-refractivity contribution in [1.82, 2.24) is 5.32 Å². The number of hydrogen-bond donors (Lipinski definition) is 2. The van der Waals surface area contributed by atoms with E-state index in [1.54, 1.807) is 60.7 Å². The van der Waals surface area contributed by atoms with Crippen LogP contribution in [0.4, 0.5) is 10.1 Å². The van der Waals surface area contributed by atoms with Gasteiger partial charge in [0, 0.05) is 22.4 Å². The number of hydrogen-bond acceptors (Lipinski definition) is 3. The Morgan fingerprint density at radius 1 is 0.659 bits per heavy atom. The first-order valence-corrected chi connectivity index (χ1v) is 14.1. The second-order valence-corrected chi connectivity index (χ2v) is 10.1. The first-order chi connectivity index (χ1) is 21.4. The summed E-state index contributed by atoms with van der Waals surface area (Å²) >= 11 is 6.03. The predicted octanol–water partition coefficient (Wildman–Crippen LogP) is 8.45. The molecule has 0 atom stereocenters. The van der Waals surface area contributed by atoms with Crippen molar-refractivity contribution in [2.24, 2.45) is 0 Å². The normalized spacial score (nSPS) is 11.3. The lowest BCUT2D eigenvalue weighted by atomic mass is 10.0. The lowest BCUT2D eigenvalue weighted by Gasteiger charge is -2.12. The number of nitrogens with one attached hydrogen (secondary N) is 2. The minimum absolute atomic E-state index is 0.0381. The fourth-order valence-corrected chi connectivity index (χ4v) is 4.58. The summed E-state index contributed by atoms with van der Waals surface area (Å²) in [7, 11) is 0. The molecular weight excluding hydrogens is 575 g/mol. The maximum absolute atomic E-state index is 14.0. The van der Waals surface area contributed by atoms with Crippen molar-refractivity contribution < 1.29 is 18.8 Å². The van der Waals surface area contributed by atoms with Crippen molar-refractivity contribution in [2.45, 2.75) is 0 Å². The number of halogens is 2. The zero-order chi connectivity index (χ0) is 30.9. The van der Waals surface area contributed by atoms with Crippen LogP contribution in [0.5, 0.6) is 0 Å². The summed E-state index contributed by atoms with van der Waals surface area (Å²) in [6, 6.07) is 36.6. The van der Waals surface area contributed by atoms with Gasteiger partial charge in [-0.2, -0.15) is 0 Å². The molecule has 0 aliphatic carbocycles. The number of ketones is 1. The minimum atomic E-state index is -0.547. The average molecular weight is 601 g/mol. The lowest BCUT2D eigenvalue weighted by molar-refractivity contribution is -0.113. The van der Waals surface area contributed by atoms with Crippen molar-refractivity contribution in [3.63, 3.8) is 0 Å². The van der Waals surface area contributed by atoms with Gasteiger partial charge < -0.3 is 10.6 Å². The largest absolute Gasteiger partial charge is 0.321 e. The summed E-state index contributed by atoms with van der Waals surface area (Å²) in [4.78, 5) is 39.0. The number of benzene rings is 5. The van der Waals surface area contributed by atoms with E-state index in [2.05, 4.69) is 10.6 Å². The number of amides is 2. The van der Waals surface area contributed by atoms with E-state index in [4.69, 9.17) is 11.6 Å². The van der Waals surface area contributed by atoms with Gasteiger partial charge in [0.25, 0.3) is 11.8 Å². The highest BCUT2D eigenvalue weighted by atomic mass is 35.5. The van der Waals surface area contributed by atoms with E-state index >= 15 is 0 Å². The Morgan fingerprint density at radius 3 is 1.95 bits per heavy atom. The zero-order valence-corrected chi connectivity index (χ0v) is 24.1. The molecule has 0 aliphatic heterocycles.